The van der Waals surface area contributed by atoms with Crippen molar-refractivity contribution in [3.8, 4) is 0 Å². The third kappa shape index (κ3) is 3.83. The van der Waals surface area contributed by atoms with Gasteiger partial charge in [-0.1, -0.05) is 32.0 Å². The fourth-order valence-corrected chi connectivity index (χ4v) is 4.77. The highest BCUT2D eigenvalue weighted by Crippen LogP contribution is 2.49. The minimum absolute atomic E-state index is 0.0583. The van der Waals surface area contributed by atoms with Crippen LogP contribution in [0.5, 0.6) is 0 Å². The molecule has 2 aromatic rings. The van der Waals surface area contributed by atoms with Gasteiger partial charge in [0.05, 0.1) is 0 Å². The quantitative estimate of drug-likeness (QED) is 0.807. The second-order valence-corrected chi connectivity index (χ2v) is 8.87. The lowest BCUT2D eigenvalue weighted by atomic mass is 9.76. The highest BCUT2D eigenvalue weighted by molar-refractivity contribution is 5.94. The summed E-state index contributed by atoms with van der Waals surface area (Å²) in [7, 11) is 0. The zero-order valence-corrected chi connectivity index (χ0v) is 17.1. The first-order valence-corrected chi connectivity index (χ1v) is 10.3. The zero-order valence-electron chi connectivity index (χ0n) is 17.1. The molecule has 1 atom stereocenters. The van der Waals surface area contributed by atoms with Crippen LogP contribution in [-0.2, 0) is 0 Å². The fourth-order valence-electron chi connectivity index (χ4n) is 4.77. The molecular weight excluding hydrogens is 352 g/mol. The first-order chi connectivity index (χ1) is 13.5. The Hall–Kier alpha value is -2.21. The molecule has 2 aliphatic rings. The lowest BCUT2D eigenvalue weighted by molar-refractivity contribution is 0.0665. The van der Waals surface area contributed by atoms with Gasteiger partial charge in [0, 0.05) is 25.6 Å². The number of likely N-dealkylation sites (tertiary alicyclic amines) is 2. The number of amides is 1. The standard InChI is InChI=1S/C22H30N4O2/c1-16(2)14-25-11-9-22(10-12-25)13-19(20-24-23-17(3)28-20)26(15-22)21(27)18-7-5-4-6-8-18/h4-8,16,19H,9-15H2,1-3H3/t19-/m0/s1. The van der Waals surface area contributed by atoms with Crippen LogP contribution >= 0.6 is 0 Å². The molecule has 2 saturated heterocycles. The molecule has 0 aliphatic carbocycles. The lowest BCUT2D eigenvalue weighted by Gasteiger charge is -2.39. The third-order valence-electron chi connectivity index (χ3n) is 6.16. The van der Waals surface area contributed by atoms with E-state index in [9.17, 15) is 4.79 Å². The highest BCUT2D eigenvalue weighted by Gasteiger charge is 2.49. The van der Waals surface area contributed by atoms with Crippen molar-refractivity contribution in [1.82, 2.24) is 20.0 Å². The number of hydrogen-bond acceptors (Lipinski definition) is 5. The van der Waals surface area contributed by atoms with Crippen LogP contribution in [0.2, 0.25) is 0 Å². The molecule has 28 heavy (non-hydrogen) atoms. The molecule has 1 spiro atoms. The van der Waals surface area contributed by atoms with E-state index in [0.717, 1.165) is 51.0 Å². The molecule has 3 heterocycles. The van der Waals surface area contributed by atoms with Gasteiger partial charge in [-0.25, -0.2) is 0 Å². The van der Waals surface area contributed by atoms with E-state index in [1.54, 1.807) is 6.92 Å². The first kappa shape index (κ1) is 19.1. The van der Waals surface area contributed by atoms with E-state index in [1.807, 2.05) is 35.2 Å². The van der Waals surface area contributed by atoms with Crippen LogP contribution in [0.25, 0.3) is 0 Å². The highest BCUT2D eigenvalue weighted by atomic mass is 16.4. The minimum Gasteiger partial charge on any atom is -0.423 e. The Morgan fingerprint density at radius 2 is 1.93 bits per heavy atom. The number of piperidine rings is 1. The van der Waals surface area contributed by atoms with Gasteiger partial charge in [0.2, 0.25) is 11.8 Å². The van der Waals surface area contributed by atoms with Gasteiger partial charge >= 0.3 is 0 Å². The van der Waals surface area contributed by atoms with E-state index in [2.05, 4.69) is 28.9 Å². The maximum Gasteiger partial charge on any atom is 0.254 e. The summed E-state index contributed by atoms with van der Waals surface area (Å²) in [5, 5.41) is 8.28. The van der Waals surface area contributed by atoms with Gasteiger partial charge in [-0.2, -0.15) is 0 Å². The molecule has 2 aliphatic heterocycles. The normalized spacial score (nSPS) is 22.3. The van der Waals surface area contributed by atoms with Gasteiger partial charge in [-0.3, -0.25) is 4.79 Å². The molecule has 0 radical (unpaired) electrons. The molecule has 1 amide bonds. The predicted molar refractivity (Wildman–Crippen MR) is 107 cm³/mol. The van der Waals surface area contributed by atoms with Gasteiger partial charge in [0.25, 0.3) is 5.91 Å². The van der Waals surface area contributed by atoms with Gasteiger partial charge < -0.3 is 14.2 Å². The van der Waals surface area contributed by atoms with Crippen molar-refractivity contribution in [3.63, 3.8) is 0 Å². The number of rotatable bonds is 4. The average Bonchev–Trinajstić information content (AvgIpc) is 3.28. The lowest BCUT2D eigenvalue weighted by Crippen LogP contribution is -2.43. The van der Waals surface area contributed by atoms with Gasteiger partial charge in [-0.05, 0) is 55.8 Å². The molecule has 150 valence electrons. The summed E-state index contributed by atoms with van der Waals surface area (Å²) >= 11 is 0. The van der Waals surface area contributed by atoms with Crippen LogP contribution in [0.15, 0.2) is 34.7 Å². The summed E-state index contributed by atoms with van der Waals surface area (Å²) in [6.45, 7) is 10.5. The molecule has 0 unspecified atom stereocenters. The summed E-state index contributed by atoms with van der Waals surface area (Å²) < 4.78 is 5.76. The second-order valence-electron chi connectivity index (χ2n) is 8.87. The van der Waals surface area contributed by atoms with E-state index in [4.69, 9.17) is 4.42 Å². The van der Waals surface area contributed by atoms with Crippen molar-refractivity contribution in [2.75, 3.05) is 26.2 Å². The van der Waals surface area contributed by atoms with E-state index in [1.165, 1.54) is 0 Å². The summed E-state index contributed by atoms with van der Waals surface area (Å²) in [4.78, 5) is 17.8. The molecular formula is C22H30N4O2. The van der Waals surface area contributed by atoms with Crippen LogP contribution in [-0.4, -0.2) is 52.1 Å². The van der Waals surface area contributed by atoms with E-state index in [0.29, 0.717) is 17.7 Å². The molecule has 2 fully saturated rings. The van der Waals surface area contributed by atoms with Crippen molar-refractivity contribution in [3.05, 3.63) is 47.7 Å². The number of nitrogens with zero attached hydrogens (tertiary/aromatic N) is 4. The summed E-state index contributed by atoms with van der Waals surface area (Å²) in [5.74, 6) is 1.86. The number of hydrogen-bond donors (Lipinski definition) is 0. The van der Waals surface area contributed by atoms with Crippen molar-refractivity contribution in [2.45, 2.75) is 46.1 Å². The largest absolute Gasteiger partial charge is 0.423 e. The SMILES string of the molecule is Cc1nnc([C@@H]2CC3(CCN(CC(C)C)CC3)CN2C(=O)c2ccccc2)o1. The molecule has 1 aromatic carbocycles. The fraction of sp³-hybridized carbons (Fsp3) is 0.591. The Labute approximate surface area is 166 Å². The monoisotopic (exact) mass is 382 g/mol. The second kappa shape index (κ2) is 7.66. The maximum absolute atomic E-state index is 13.3. The smallest absolute Gasteiger partial charge is 0.254 e. The predicted octanol–water partition coefficient (Wildman–Crippen LogP) is 3.70. The minimum atomic E-state index is -0.134. The van der Waals surface area contributed by atoms with E-state index in [-0.39, 0.29) is 17.4 Å². The third-order valence-corrected chi connectivity index (χ3v) is 6.16. The molecule has 6 heteroatoms. The van der Waals surface area contributed by atoms with Crippen LogP contribution < -0.4 is 0 Å². The van der Waals surface area contributed by atoms with Crippen molar-refractivity contribution < 1.29 is 9.21 Å². The Balaban J connectivity index is 1.56. The molecule has 6 nitrogen and oxygen atoms in total. The summed E-state index contributed by atoms with van der Waals surface area (Å²) in [5.41, 5.74) is 0.864. The maximum atomic E-state index is 13.3. The summed E-state index contributed by atoms with van der Waals surface area (Å²) in [6.07, 6.45) is 3.13. The molecule has 1 aromatic heterocycles. The number of carbonyl (C=O) groups excluding carboxylic acids is 1. The van der Waals surface area contributed by atoms with Gasteiger partial charge in [0.1, 0.15) is 6.04 Å². The number of carbonyl (C=O) groups is 1. The van der Waals surface area contributed by atoms with Crippen LogP contribution in [0, 0.1) is 18.3 Å². The van der Waals surface area contributed by atoms with Crippen molar-refractivity contribution in [1.29, 1.82) is 0 Å². The molecule has 0 bridgehead atoms. The van der Waals surface area contributed by atoms with E-state index < -0.39 is 0 Å². The Morgan fingerprint density at radius 3 is 2.54 bits per heavy atom. The zero-order chi connectivity index (χ0) is 19.7. The van der Waals surface area contributed by atoms with Crippen LogP contribution in [0.1, 0.15) is 61.3 Å². The Bertz CT molecular complexity index is 809. The Morgan fingerprint density at radius 1 is 1.21 bits per heavy atom. The first-order valence-electron chi connectivity index (χ1n) is 10.3. The van der Waals surface area contributed by atoms with Gasteiger partial charge in [0.15, 0.2) is 0 Å². The van der Waals surface area contributed by atoms with Crippen molar-refractivity contribution in [2.24, 2.45) is 11.3 Å². The number of aromatic nitrogens is 2. The summed E-state index contributed by atoms with van der Waals surface area (Å²) in [6, 6.07) is 9.39. The van der Waals surface area contributed by atoms with Gasteiger partial charge in [-0.15, -0.1) is 10.2 Å². The topological polar surface area (TPSA) is 62.5 Å². The van der Waals surface area contributed by atoms with Crippen LogP contribution in [0.4, 0.5) is 0 Å². The van der Waals surface area contributed by atoms with E-state index >= 15 is 0 Å². The van der Waals surface area contributed by atoms with Crippen molar-refractivity contribution >= 4 is 5.91 Å². The Kier molecular flexibility index (Phi) is 5.23. The van der Waals surface area contributed by atoms with Crippen LogP contribution in [0.3, 0.4) is 0 Å². The number of aryl methyl sites for hydroxylation is 1. The average molecular weight is 383 g/mol. The molecule has 0 saturated carbocycles. The number of benzene rings is 1. The molecule has 0 N–H and O–H groups in total. The molecule has 4 rings (SSSR count).